The lowest BCUT2D eigenvalue weighted by Crippen LogP contribution is -2.27. The van der Waals surface area contributed by atoms with Crippen molar-refractivity contribution in [3.05, 3.63) is 83.6 Å². The Kier molecular flexibility index (Phi) is 9.67. The van der Waals surface area contributed by atoms with E-state index in [2.05, 4.69) is 5.32 Å². The lowest BCUT2D eigenvalue weighted by Gasteiger charge is -2.21. The van der Waals surface area contributed by atoms with E-state index < -0.39 is 11.9 Å². The molecule has 0 aliphatic rings. The molecule has 0 fully saturated rings. The number of nitrogens with zero attached hydrogens (tertiary/aromatic N) is 2. The van der Waals surface area contributed by atoms with Gasteiger partial charge in [-0.2, -0.15) is 5.26 Å². The summed E-state index contributed by atoms with van der Waals surface area (Å²) in [6.07, 6.45) is 3.71. The summed E-state index contributed by atoms with van der Waals surface area (Å²) in [5, 5.41) is 20.9. The fraction of sp³-hybridized carbons (Fsp3) is 0.292. The van der Waals surface area contributed by atoms with Gasteiger partial charge >= 0.3 is 5.97 Å². The van der Waals surface area contributed by atoms with E-state index in [1.54, 1.807) is 6.20 Å². The van der Waals surface area contributed by atoms with Gasteiger partial charge in [-0.1, -0.05) is 67.1 Å². The molecule has 2 aromatic rings. The third-order valence-electron chi connectivity index (χ3n) is 4.49. The summed E-state index contributed by atoms with van der Waals surface area (Å²) in [5.41, 5.74) is 2.22. The average molecular weight is 405 g/mol. The minimum Gasteiger partial charge on any atom is -0.481 e. The van der Waals surface area contributed by atoms with E-state index in [-0.39, 0.29) is 12.0 Å². The van der Waals surface area contributed by atoms with Gasteiger partial charge in [0.15, 0.2) is 0 Å². The van der Waals surface area contributed by atoms with Crippen molar-refractivity contribution < 1.29 is 14.7 Å². The number of carbonyl (C=O) groups is 2. The molecule has 2 N–H and O–H groups in total. The summed E-state index contributed by atoms with van der Waals surface area (Å²) in [4.78, 5) is 24.9. The first kappa shape index (κ1) is 22.7. The van der Waals surface area contributed by atoms with E-state index in [1.807, 2.05) is 71.6 Å². The Hall–Kier alpha value is -3.59. The molecule has 30 heavy (non-hydrogen) atoms. The van der Waals surface area contributed by atoms with Gasteiger partial charge in [-0.3, -0.25) is 9.59 Å². The number of carbonyl (C=O) groups excluding carboxylic acids is 1. The zero-order valence-corrected chi connectivity index (χ0v) is 17.0. The lowest BCUT2D eigenvalue weighted by molar-refractivity contribution is -0.137. The minimum atomic E-state index is -0.814. The molecule has 0 aliphatic carbocycles. The number of nitriles is 1. The predicted octanol–water partition coefficient (Wildman–Crippen LogP) is 3.86. The van der Waals surface area contributed by atoms with Crippen LogP contribution < -0.4 is 5.32 Å². The molecule has 2 rings (SSSR count). The summed E-state index contributed by atoms with van der Waals surface area (Å²) >= 11 is 0. The Morgan fingerprint density at radius 2 is 1.50 bits per heavy atom. The van der Waals surface area contributed by atoms with E-state index in [4.69, 9.17) is 5.11 Å². The largest absolute Gasteiger partial charge is 0.481 e. The quantitative estimate of drug-likeness (QED) is 0.318. The molecule has 0 saturated heterocycles. The van der Waals surface area contributed by atoms with Crippen molar-refractivity contribution in [3.63, 3.8) is 0 Å². The van der Waals surface area contributed by atoms with Gasteiger partial charge in [0.1, 0.15) is 11.6 Å². The fourth-order valence-electron chi connectivity index (χ4n) is 2.98. The first-order valence-electron chi connectivity index (χ1n) is 10.0. The molecule has 0 aliphatic heterocycles. The standard InChI is InChI=1S/C24H27N3O3/c25-16-22(24(30)26-15-9-3-8-14-23(28)29)19-27(17-20-10-4-1-5-11-20)18-21-12-6-2-7-13-21/h1-2,4-7,10-13,19H,3,8-9,14-15,17-18H2,(H,26,30)(H,28,29)/b22-19-. The number of amides is 1. The van der Waals surface area contributed by atoms with Crippen LogP contribution in [-0.4, -0.2) is 28.4 Å². The van der Waals surface area contributed by atoms with Crippen LogP contribution in [0.15, 0.2) is 72.4 Å². The number of hydrogen-bond donors (Lipinski definition) is 2. The van der Waals surface area contributed by atoms with Gasteiger partial charge in [0.2, 0.25) is 0 Å². The first-order valence-corrected chi connectivity index (χ1v) is 10.0. The van der Waals surface area contributed by atoms with Crippen LogP contribution in [0.3, 0.4) is 0 Å². The van der Waals surface area contributed by atoms with E-state index in [0.29, 0.717) is 38.9 Å². The highest BCUT2D eigenvalue weighted by Gasteiger charge is 2.12. The maximum absolute atomic E-state index is 12.4. The highest BCUT2D eigenvalue weighted by molar-refractivity contribution is 5.97. The zero-order chi connectivity index (χ0) is 21.6. The molecule has 0 atom stereocenters. The van der Waals surface area contributed by atoms with E-state index in [9.17, 15) is 14.9 Å². The van der Waals surface area contributed by atoms with Crippen LogP contribution in [-0.2, 0) is 22.7 Å². The molecular formula is C24H27N3O3. The molecule has 1 amide bonds. The summed E-state index contributed by atoms with van der Waals surface area (Å²) < 4.78 is 0. The molecule has 0 saturated carbocycles. The molecule has 0 heterocycles. The second-order valence-electron chi connectivity index (χ2n) is 6.99. The Morgan fingerprint density at radius 1 is 0.933 bits per heavy atom. The van der Waals surface area contributed by atoms with Gasteiger partial charge in [-0.05, 0) is 24.0 Å². The number of carboxylic acids is 1. The maximum Gasteiger partial charge on any atom is 0.303 e. The third kappa shape index (κ3) is 8.61. The SMILES string of the molecule is N#C/C(=C/N(Cc1ccccc1)Cc1ccccc1)C(=O)NCCCCCC(=O)O. The van der Waals surface area contributed by atoms with Gasteiger partial charge in [-0.25, -0.2) is 0 Å². The Balaban J connectivity index is 2.00. The second-order valence-corrected chi connectivity index (χ2v) is 6.99. The zero-order valence-electron chi connectivity index (χ0n) is 17.0. The van der Waals surface area contributed by atoms with Crippen LogP contribution in [0.1, 0.15) is 36.8 Å². The number of rotatable bonds is 12. The molecule has 156 valence electrons. The van der Waals surface area contributed by atoms with Crippen LogP contribution in [0.2, 0.25) is 0 Å². The van der Waals surface area contributed by atoms with Crippen LogP contribution in [0.5, 0.6) is 0 Å². The van der Waals surface area contributed by atoms with Crippen LogP contribution in [0.25, 0.3) is 0 Å². The highest BCUT2D eigenvalue weighted by atomic mass is 16.4. The fourth-order valence-corrected chi connectivity index (χ4v) is 2.98. The monoisotopic (exact) mass is 405 g/mol. The molecule has 0 spiro atoms. The van der Waals surface area contributed by atoms with Crippen molar-refractivity contribution in [3.8, 4) is 6.07 Å². The smallest absolute Gasteiger partial charge is 0.303 e. The van der Waals surface area contributed by atoms with Crippen molar-refractivity contribution in [2.45, 2.75) is 38.8 Å². The summed E-state index contributed by atoms with van der Waals surface area (Å²) in [6.45, 7) is 1.56. The van der Waals surface area contributed by atoms with E-state index >= 15 is 0 Å². The Labute approximate surface area is 177 Å². The first-order chi connectivity index (χ1) is 14.6. The van der Waals surface area contributed by atoms with Crippen molar-refractivity contribution in [2.75, 3.05) is 6.54 Å². The van der Waals surface area contributed by atoms with Crippen molar-refractivity contribution in [2.24, 2.45) is 0 Å². The van der Waals surface area contributed by atoms with Gasteiger partial charge in [-0.15, -0.1) is 0 Å². The number of hydrogen-bond acceptors (Lipinski definition) is 4. The number of carboxylic acid groups (broad SMARTS) is 1. The Bertz CT molecular complexity index is 832. The number of nitrogens with one attached hydrogen (secondary N) is 1. The minimum absolute atomic E-state index is 0.0485. The van der Waals surface area contributed by atoms with Crippen molar-refractivity contribution in [1.29, 1.82) is 5.26 Å². The summed E-state index contributed by atoms with van der Waals surface area (Å²) in [5.74, 6) is -1.23. The number of aliphatic carboxylic acids is 1. The van der Waals surface area contributed by atoms with Crippen LogP contribution in [0, 0.1) is 11.3 Å². The predicted molar refractivity (Wildman–Crippen MR) is 115 cm³/mol. The molecular weight excluding hydrogens is 378 g/mol. The summed E-state index contributed by atoms with van der Waals surface area (Å²) in [7, 11) is 0. The van der Waals surface area contributed by atoms with Crippen molar-refractivity contribution >= 4 is 11.9 Å². The van der Waals surface area contributed by atoms with Gasteiger partial charge < -0.3 is 15.3 Å². The summed E-state index contributed by atoms with van der Waals surface area (Å²) in [6, 6.07) is 21.8. The molecule has 6 nitrogen and oxygen atoms in total. The van der Waals surface area contributed by atoms with Gasteiger partial charge in [0.25, 0.3) is 5.91 Å². The Morgan fingerprint density at radius 3 is 2.00 bits per heavy atom. The molecule has 0 unspecified atom stereocenters. The molecule has 0 aromatic heterocycles. The maximum atomic E-state index is 12.4. The van der Waals surface area contributed by atoms with Gasteiger partial charge in [0.05, 0.1) is 0 Å². The normalized spacial score (nSPS) is 10.8. The number of benzene rings is 2. The molecule has 2 aromatic carbocycles. The number of unbranched alkanes of at least 4 members (excludes halogenated alkanes) is 2. The lowest BCUT2D eigenvalue weighted by atomic mass is 10.1. The molecule has 6 heteroatoms. The second kappa shape index (κ2) is 12.8. The molecule has 0 bridgehead atoms. The van der Waals surface area contributed by atoms with E-state index in [0.717, 1.165) is 11.1 Å². The average Bonchev–Trinajstić information content (AvgIpc) is 2.75. The van der Waals surface area contributed by atoms with Crippen LogP contribution in [0.4, 0.5) is 0 Å². The van der Waals surface area contributed by atoms with Crippen LogP contribution >= 0.6 is 0 Å². The van der Waals surface area contributed by atoms with Gasteiger partial charge in [0, 0.05) is 32.3 Å². The third-order valence-corrected chi connectivity index (χ3v) is 4.49. The highest BCUT2D eigenvalue weighted by Crippen LogP contribution is 2.12. The van der Waals surface area contributed by atoms with Crippen molar-refractivity contribution in [1.82, 2.24) is 10.2 Å². The molecule has 0 radical (unpaired) electrons. The topological polar surface area (TPSA) is 93.4 Å². The van der Waals surface area contributed by atoms with E-state index in [1.165, 1.54) is 0 Å².